The number of halogens is 1. The van der Waals surface area contributed by atoms with Crippen molar-refractivity contribution < 1.29 is 23.9 Å². The fourth-order valence-electron chi connectivity index (χ4n) is 3.96. The summed E-state index contributed by atoms with van der Waals surface area (Å²) in [7, 11) is 1.55. The smallest absolute Gasteiger partial charge is 0.294 e. The van der Waals surface area contributed by atoms with Gasteiger partial charge in [-0.2, -0.15) is 0 Å². The van der Waals surface area contributed by atoms with Crippen LogP contribution in [0.3, 0.4) is 0 Å². The summed E-state index contributed by atoms with van der Waals surface area (Å²) in [5.74, 6) is 0.127. The summed E-state index contributed by atoms with van der Waals surface area (Å²) in [6, 6.07) is 19.0. The maximum atomic E-state index is 13.1. The number of aryl methyl sites for hydroxylation is 1. The normalized spacial score (nSPS) is 14.0. The van der Waals surface area contributed by atoms with E-state index in [9.17, 15) is 14.4 Å². The maximum Gasteiger partial charge on any atom is 0.294 e. The Labute approximate surface area is 245 Å². The van der Waals surface area contributed by atoms with Gasteiger partial charge in [0.2, 0.25) is 5.91 Å². The molecule has 0 aromatic heterocycles. The first-order valence-corrected chi connectivity index (χ1v) is 14.0. The van der Waals surface area contributed by atoms with E-state index in [1.54, 1.807) is 37.5 Å². The number of methoxy groups -OCH3 is 1. The average molecular weight is 655 g/mol. The fraction of sp³-hybridized carbons (Fsp3) is 0.167. The number of rotatable bonds is 10. The van der Waals surface area contributed by atoms with Crippen LogP contribution in [0, 0.1) is 10.5 Å². The molecule has 1 fully saturated rings. The van der Waals surface area contributed by atoms with E-state index >= 15 is 0 Å². The number of hydrogen-bond donors (Lipinski definition) is 1. The Kier molecular flexibility index (Phi) is 9.47. The van der Waals surface area contributed by atoms with Crippen molar-refractivity contribution in [1.29, 1.82) is 0 Å². The number of nitrogens with one attached hydrogen (secondary N) is 1. The highest BCUT2D eigenvalue weighted by molar-refractivity contribution is 14.1. The molecular weight excluding hydrogens is 627 g/mol. The summed E-state index contributed by atoms with van der Waals surface area (Å²) < 4.78 is 12.9. The summed E-state index contributed by atoms with van der Waals surface area (Å²) in [4.78, 5) is 39.4. The molecule has 9 heteroatoms. The predicted octanol–water partition coefficient (Wildman–Crippen LogP) is 6.59. The van der Waals surface area contributed by atoms with Gasteiger partial charge in [0, 0.05) is 14.8 Å². The minimum Gasteiger partial charge on any atom is -0.493 e. The number of thioether (sulfide) groups is 1. The number of carbonyl (C=O) groups is 3. The topological polar surface area (TPSA) is 84.9 Å². The van der Waals surface area contributed by atoms with E-state index < -0.39 is 17.1 Å². The number of hydrogen-bond acceptors (Lipinski definition) is 6. The Morgan fingerprint density at radius 1 is 1.13 bits per heavy atom. The molecule has 3 aromatic rings. The molecule has 7 nitrogen and oxygen atoms in total. The van der Waals surface area contributed by atoms with Gasteiger partial charge >= 0.3 is 0 Å². The summed E-state index contributed by atoms with van der Waals surface area (Å²) in [6.07, 6.45) is 3.90. The SMILES string of the molecule is C=CCc1cc(C=C2SC(=O)N(CC(=O)Nc3ccccc3C)C2=O)cc(OC)c1OCc1ccc(I)cc1. The lowest BCUT2D eigenvalue weighted by molar-refractivity contribution is -0.127. The first-order valence-electron chi connectivity index (χ1n) is 12.1. The second kappa shape index (κ2) is 13.0. The van der Waals surface area contributed by atoms with Gasteiger partial charge in [0.05, 0.1) is 12.0 Å². The zero-order chi connectivity index (χ0) is 27.9. The van der Waals surface area contributed by atoms with E-state index in [0.29, 0.717) is 35.8 Å². The van der Waals surface area contributed by atoms with Crippen molar-refractivity contribution in [3.05, 3.63) is 104 Å². The third-order valence-electron chi connectivity index (χ3n) is 5.93. The number of benzene rings is 3. The second-order valence-electron chi connectivity index (χ2n) is 8.75. The molecule has 1 aliphatic heterocycles. The number of anilines is 1. The Balaban J connectivity index is 1.53. The molecule has 1 N–H and O–H groups in total. The molecule has 3 amide bonds. The van der Waals surface area contributed by atoms with Gasteiger partial charge in [-0.1, -0.05) is 36.4 Å². The molecule has 0 aliphatic carbocycles. The van der Waals surface area contributed by atoms with E-state index in [1.807, 2.05) is 49.4 Å². The standard InChI is InChI=1S/C30H27IN2O5S/c1-4-7-22-14-21(15-25(37-3)28(22)38-18-20-10-12-23(31)13-11-20)16-26-29(35)33(30(36)39-26)17-27(34)32-24-9-6-5-8-19(24)2/h4-6,8-16H,1,7,17-18H2,2-3H3,(H,32,34). The van der Waals surface area contributed by atoms with Gasteiger partial charge < -0.3 is 14.8 Å². The summed E-state index contributed by atoms with van der Waals surface area (Å²) in [5.41, 5.74) is 4.04. The van der Waals surface area contributed by atoms with Gasteiger partial charge in [0.25, 0.3) is 11.1 Å². The van der Waals surface area contributed by atoms with Crippen molar-refractivity contribution in [2.45, 2.75) is 20.0 Å². The highest BCUT2D eigenvalue weighted by Gasteiger charge is 2.36. The highest BCUT2D eigenvalue weighted by Crippen LogP contribution is 2.37. The van der Waals surface area contributed by atoms with Crippen LogP contribution in [0.15, 0.2) is 78.2 Å². The van der Waals surface area contributed by atoms with Crippen LogP contribution in [-0.4, -0.2) is 35.6 Å². The van der Waals surface area contributed by atoms with Crippen molar-refractivity contribution >= 4 is 63.2 Å². The molecule has 4 rings (SSSR count). The molecule has 0 saturated carbocycles. The fourth-order valence-corrected chi connectivity index (χ4v) is 5.16. The molecule has 0 unspecified atom stereocenters. The van der Waals surface area contributed by atoms with Crippen LogP contribution >= 0.6 is 34.4 Å². The van der Waals surface area contributed by atoms with Gasteiger partial charge in [0.15, 0.2) is 11.5 Å². The van der Waals surface area contributed by atoms with Gasteiger partial charge in [0.1, 0.15) is 13.2 Å². The van der Waals surface area contributed by atoms with Crippen molar-refractivity contribution in [2.75, 3.05) is 19.0 Å². The summed E-state index contributed by atoms with van der Waals surface area (Å²) in [6.45, 7) is 5.71. The van der Waals surface area contributed by atoms with E-state index in [1.165, 1.54) is 0 Å². The van der Waals surface area contributed by atoms with E-state index in [2.05, 4.69) is 34.5 Å². The lowest BCUT2D eigenvalue weighted by atomic mass is 10.0. The zero-order valence-electron chi connectivity index (χ0n) is 21.5. The first-order chi connectivity index (χ1) is 18.8. The second-order valence-corrected chi connectivity index (χ2v) is 11.0. The maximum absolute atomic E-state index is 13.1. The number of ether oxygens (including phenoxy) is 2. The van der Waals surface area contributed by atoms with Crippen LogP contribution in [0.1, 0.15) is 22.3 Å². The lowest BCUT2D eigenvalue weighted by Crippen LogP contribution is -2.36. The van der Waals surface area contributed by atoms with Crippen LogP contribution in [0.4, 0.5) is 10.5 Å². The van der Waals surface area contributed by atoms with Gasteiger partial charge in [-0.25, -0.2) is 0 Å². The van der Waals surface area contributed by atoms with Crippen molar-refractivity contribution in [2.24, 2.45) is 0 Å². The van der Waals surface area contributed by atoms with E-state index in [4.69, 9.17) is 9.47 Å². The Hall–Kier alpha value is -3.57. The molecule has 1 aliphatic rings. The summed E-state index contributed by atoms with van der Waals surface area (Å²) in [5, 5.41) is 2.26. The number of para-hydroxylation sites is 1. The molecule has 0 radical (unpaired) electrons. The molecule has 39 heavy (non-hydrogen) atoms. The quantitative estimate of drug-likeness (QED) is 0.151. The first kappa shape index (κ1) is 28.4. The molecule has 0 spiro atoms. The molecular formula is C30H27IN2O5S. The largest absolute Gasteiger partial charge is 0.493 e. The third-order valence-corrected chi connectivity index (χ3v) is 7.55. The minimum atomic E-state index is -0.520. The molecule has 200 valence electrons. The monoisotopic (exact) mass is 654 g/mol. The number of amides is 3. The molecule has 3 aromatic carbocycles. The Bertz CT molecular complexity index is 1450. The van der Waals surface area contributed by atoms with Crippen LogP contribution < -0.4 is 14.8 Å². The molecule has 0 bridgehead atoms. The number of carbonyl (C=O) groups excluding carboxylic acids is 3. The average Bonchev–Trinajstić information content (AvgIpc) is 3.17. The van der Waals surface area contributed by atoms with Crippen LogP contribution in [-0.2, 0) is 22.6 Å². The molecule has 0 atom stereocenters. The van der Waals surface area contributed by atoms with Crippen molar-refractivity contribution in [3.8, 4) is 11.5 Å². The molecule has 1 heterocycles. The number of nitrogens with zero attached hydrogens (tertiary/aromatic N) is 1. The van der Waals surface area contributed by atoms with Crippen LogP contribution in [0.2, 0.25) is 0 Å². The van der Waals surface area contributed by atoms with Crippen molar-refractivity contribution in [1.82, 2.24) is 4.90 Å². The highest BCUT2D eigenvalue weighted by atomic mass is 127. The third kappa shape index (κ3) is 7.10. The lowest BCUT2D eigenvalue weighted by Gasteiger charge is -2.16. The van der Waals surface area contributed by atoms with Gasteiger partial charge in [-0.15, -0.1) is 6.58 Å². The zero-order valence-corrected chi connectivity index (χ0v) is 24.5. The predicted molar refractivity (Wildman–Crippen MR) is 163 cm³/mol. The minimum absolute atomic E-state index is 0.225. The number of imide groups is 1. The summed E-state index contributed by atoms with van der Waals surface area (Å²) >= 11 is 3.05. The van der Waals surface area contributed by atoms with Crippen molar-refractivity contribution in [3.63, 3.8) is 0 Å². The van der Waals surface area contributed by atoms with Crippen LogP contribution in [0.25, 0.3) is 6.08 Å². The van der Waals surface area contributed by atoms with Gasteiger partial charge in [-0.05, 0) is 101 Å². The van der Waals surface area contributed by atoms with E-state index in [-0.39, 0.29) is 11.4 Å². The van der Waals surface area contributed by atoms with Gasteiger partial charge in [-0.3, -0.25) is 19.3 Å². The Morgan fingerprint density at radius 3 is 2.56 bits per heavy atom. The van der Waals surface area contributed by atoms with E-state index in [0.717, 1.165) is 36.9 Å². The number of allylic oxidation sites excluding steroid dienone is 1. The van der Waals surface area contributed by atoms with Crippen LogP contribution in [0.5, 0.6) is 11.5 Å². The molecule has 1 saturated heterocycles. The Morgan fingerprint density at radius 2 is 1.87 bits per heavy atom.